The average molecular weight is 274 g/mol. The lowest BCUT2D eigenvalue weighted by atomic mass is 9.67. The van der Waals surface area contributed by atoms with E-state index in [-0.39, 0.29) is 10.2 Å². The molecule has 0 nitrogen and oxygen atoms in total. The van der Waals surface area contributed by atoms with Crippen LogP contribution in [-0.2, 0) is 0 Å². The Morgan fingerprint density at radius 3 is 2.53 bits per heavy atom. The molecule has 1 heteroatoms. The van der Waals surface area contributed by atoms with Gasteiger partial charge in [0.15, 0.2) is 0 Å². The van der Waals surface area contributed by atoms with E-state index in [0.717, 1.165) is 12.8 Å². The van der Waals surface area contributed by atoms with Crippen molar-refractivity contribution in [3.8, 4) is 0 Å². The summed E-state index contributed by atoms with van der Waals surface area (Å²) in [6, 6.07) is 0. The molecule has 1 unspecified atom stereocenters. The summed E-state index contributed by atoms with van der Waals surface area (Å²) < 4.78 is 0.191. The van der Waals surface area contributed by atoms with Crippen LogP contribution in [0.15, 0.2) is 47.6 Å². The number of hydrogen-bond donors (Lipinski definition) is 0. The van der Waals surface area contributed by atoms with Gasteiger partial charge in [-0.05, 0) is 30.6 Å². The summed E-state index contributed by atoms with van der Waals surface area (Å²) >= 11 is 2.13. The van der Waals surface area contributed by atoms with Crippen molar-refractivity contribution in [1.29, 1.82) is 0 Å². The lowest BCUT2D eigenvalue weighted by molar-refractivity contribution is 0.349. The van der Waals surface area contributed by atoms with Gasteiger partial charge in [0.05, 0.1) is 0 Å². The number of rotatable bonds is 4. The Morgan fingerprint density at radius 1 is 1.26 bits per heavy atom. The molecule has 0 saturated carbocycles. The summed E-state index contributed by atoms with van der Waals surface area (Å²) in [6.07, 6.45) is 16.1. The van der Waals surface area contributed by atoms with Gasteiger partial charge in [-0.15, -0.1) is 11.8 Å². The van der Waals surface area contributed by atoms with Gasteiger partial charge in [0.1, 0.15) is 0 Å². The Balaban J connectivity index is 2.46. The Morgan fingerprint density at radius 2 is 2.00 bits per heavy atom. The van der Waals surface area contributed by atoms with E-state index >= 15 is 0 Å². The zero-order valence-corrected chi connectivity index (χ0v) is 13.7. The molecule has 0 N–H and O–H groups in total. The highest BCUT2D eigenvalue weighted by atomic mass is 32.2. The SMILES string of the molecule is CC1=CC=CCC1(SC(C)C)C(C)(C)C1=CCC=C1. The molecule has 19 heavy (non-hydrogen) atoms. The fourth-order valence-electron chi connectivity index (χ4n) is 3.34. The summed E-state index contributed by atoms with van der Waals surface area (Å²) in [5.41, 5.74) is 3.18. The van der Waals surface area contributed by atoms with Crippen LogP contribution < -0.4 is 0 Å². The highest BCUT2D eigenvalue weighted by Gasteiger charge is 2.48. The molecule has 0 aromatic heterocycles. The highest BCUT2D eigenvalue weighted by molar-refractivity contribution is 8.01. The molecule has 2 rings (SSSR count). The Hall–Kier alpha value is -0.690. The van der Waals surface area contributed by atoms with E-state index in [4.69, 9.17) is 0 Å². The number of thioether (sulfide) groups is 1. The molecular formula is C18H26S. The summed E-state index contributed by atoms with van der Waals surface area (Å²) in [4.78, 5) is 0. The third-order valence-corrected chi connectivity index (χ3v) is 6.34. The standard InChI is InChI=1S/C18H26S/c1-14(2)19-18(13-9-8-10-15(18)3)17(4,5)16-11-6-7-12-16/h6,8-12,14H,7,13H2,1-5H3. The third kappa shape index (κ3) is 2.50. The van der Waals surface area contributed by atoms with Gasteiger partial charge in [0, 0.05) is 10.2 Å². The molecule has 0 amide bonds. The zero-order valence-electron chi connectivity index (χ0n) is 12.9. The van der Waals surface area contributed by atoms with Gasteiger partial charge < -0.3 is 0 Å². The van der Waals surface area contributed by atoms with Crippen LogP contribution >= 0.6 is 11.8 Å². The van der Waals surface area contributed by atoms with E-state index in [1.165, 1.54) is 11.1 Å². The van der Waals surface area contributed by atoms with Gasteiger partial charge in [0.25, 0.3) is 0 Å². The summed E-state index contributed by atoms with van der Waals surface area (Å²) in [6.45, 7) is 11.8. The lowest BCUT2D eigenvalue weighted by Crippen LogP contribution is -2.45. The van der Waals surface area contributed by atoms with Crippen molar-refractivity contribution in [2.45, 2.75) is 57.5 Å². The van der Waals surface area contributed by atoms with Crippen LogP contribution in [0.3, 0.4) is 0 Å². The van der Waals surface area contributed by atoms with Crippen LogP contribution in [0.2, 0.25) is 0 Å². The molecule has 2 aliphatic rings. The first-order valence-electron chi connectivity index (χ1n) is 7.29. The first-order chi connectivity index (χ1) is 8.90. The van der Waals surface area contributed by atoms with Crippen LogP contribution in [0.25, 0.3) is 0 Å². The Kier molecular flexibility index (Phi) is 4.15. The van der Waals surface area contributed by atoms with Crippen LogP contribution in [0.4, 0.5) is 0 Å². The third-order valence-electron chi connectivity index (χ3n) is 4.46. The van der Waals surface area contributed by atoms with E-state index in [0.29, 0.717) is 5.25 Å². The maximum atomic E-state index is 2.42. The number of hydrogen-bond acceptors (Lipinski definition) is 1. The normalized spacial score (nSPS) is 26.8. The van der Waals surface area contributed by atoms with Gasteiger partial charge in [-0.2, -0.15) is 0 Å². The Labute approximate surface area is 122 Å². The molecule has 2 aliphatic carbocycles. The van der Waals surface area contributed by atoms with E-state index in [1.54, 1.807) is 0 Å². The quantitative estimate of drug-likeness (QED) is 0.635. The molecule has 0 aromatic carbocycles. The van der Waals surface area contributed by atoms with Crippen molar-refractivity contribution in [2.24, 2.45) is 5.41 Å². The van der Waals surface area contributed by atoms with Crippen LogP contribution in [0, 0.1) is 5.41 Å². The molecule has 1 atom stereocenters. The molecule has 0 bridgehead atoms. The average Bonchev–Trinajstić information content (AvgIpc) is 2.85. The van der Waals surface area contributed by atoms with Crippen molar-refractivity contribution in [1.82, 2.24) is 0 Å². The molecule has 0 fully saturated rings. The van der Waals surface area contributed by atoms with Crippen molar-refractivity contribution in [3.63, 3.8) is 0 Å². The van der Waals surface area contributed by atoms with Crippen LogP contribution in [0.5, 0.6) is 0 Å². The van der Waals surface area contributed by atoms with Gasteiger partial charge in [0.2, 0.25) is 0 Å². The number of allylic oxidation sites excluding steroid dienone is 7. The minimum Gasteiger partial charge on any atom is -0.147 e. The monoisotopic (exact) mass is 274 g/mol. The van der Waals surface area contributed by atoms with Gasteiger partial charge in [-0.1, -0.05) is 69.7 Å². The second-order valence-electron chi connectivity index (χ2n) is 6.40. The van der Waals surface area contributed by atoms with E-state index in [1.807, 2.05) is 0 Å². The summed E-state index contributed by atoms with van der Waals surface area (Å²) in [7, 11) is 0. The molecule has 0 heterocycles. The summed E-state index contributed by atoms with van der Waals surface area (Å²) in [5, 5.41) is 0.639. The fraction of sp³-hybridized carbons (Fsp3) is 0.556. The minimum absolute atomic E-state index is 0.167. The van der Waals surface area contributed by atoms with Crippen molar-refractivity contribution >= 4 is 11.8 Å². The van der Waals surface area contributed by atoms with Gasteiger partial charge in [-0.25, -0.2) is 0 Å². The predicted molar refractivity (Wildman–Crippen MR) is 88.6 cm³/mol. The molecule has 0 aromatic rings. The van der Waals surface area contributed by atoms with Gasteiger partial charge >= 0.3 is 0 Å². The van der Waals surface area contributed by atoms with E-state index in [2.05, 4.69) is 82.8 Å². The highest BCUT2D eigenvalue weighted by Crippen LogP contribution is 2.56. The molecule has 104 valence electrons. The van der Waals surface area contributed by atoms with Crippen molar-refractivity contribution in [3.05, 3.63) is 47.6 Å². The van der Waals surface area contributed by atoms with Crippen molar-refractivity contribution in [2.75, 3.05) is 0 Å². The van der Waals surface area contributed by atoms with Gasteiger partial charge in [-0.3, -0.25) is 0 Å². The first-order valence-corrected chi connectivity index (χ1v) is 8.17. The van der Waals surface area contributed by atoms with Crippen LogP contribution in [0.1, 0.15) is 47.5 Å². The van der Waals surface area contributed by atoms with E-state index in [9.17, 15) is 0 Å². The maximum Gasteiger partial charge on any atom is 0.0496 e. The lowest BCUT2D eigenvalue weighted by Gasteiger charge is -2.49. The molecule has 0 aliphatic heterocycles. The molecule has 0 radical (unpaired) electrons. The first kappa shape index (κ1) is 14.7. The van der Waals surface area contributed by atoms with E-state index < -0.39 is 0 Å². The zero-order chi connectivity index (χ0) is 14.1. The predicted octanol–water partition coefficient (Wildman–Crippen LogP) is 5.69. The largest absolute Gasteiger partial charge is 0.147 e. The topological polar surface area (TPSA) is 0 Å². The fourth-order valence-corrected chi connectivity index (χ4v) is 5.00. The molecular weight excluding hydrogens is 248 g/mol. The molecule has 0 saturated heterocycles. The van der Waals surface area contributed by atoms with Crippen LogP contribution in [-0.4, -0.2) is 10.00 Å². The summed E-state index contributed by atoms with van der Waals surface area (Å²) in [5.74, 6) is 0. The van der Waals surface area contributed by atoms with Crippen molar-refractivity contribution < 1.29 is 0 Å². The maximum absolute atomic E-state index is 2.42. The molecule has 0 spiro atoms. The Bertz CT molecular complexity index is 460. The smallest absolute Gasteiger partial charge is 0.0496 e. The second kappa shape index (κ2) is 5.36. The minimum atomic E-state index is 0.167. The second-order valence-corrected chi connectivity index (χ2v) is 8.27.